The zero-order chi connectivity index (χ0) is 10.0. The lowest BCUT2D eigenvalue weighted by atomic mass is 10.3. The van der Waals surface area contributed by atoms with Gasteiger partial charge in [0.05, 0.1) is 19.0 Å². The van der Waals surface area contributed by atoms with Crippen molar-refractivity contribution in [1.82, 2.24) is 4.98 Å². The molecule has 0 bridgehead atoms. The third-order valence-electron chi connectivity index (χ3n) is 2.35. The van der Waals surface area contributed by atoms with Gasteiger partial charge in [-0.2, -0.15) is 0 Å². The quantitative estimate of drug-likeness (QED) is 0.799. The maximum atomic E-state index is 13.2. The number of pyridine rings is 1. The van der Waals surface area contributed by atoms with Crippen LogP contribution in [-0.2, 0) is 0 Å². The van der Waals surface area contributed by atoms with E-state index in [1.165, 1.54) is 0 Å². The molecule has 0 atom stereocenters. The molecule has 2 rings (SSSR count). The molecule has 0 unspecified atom stereocenters. The molecule has 0 aliphatic heterocycles. The summed E-state index contributed by atoms with van der Waals surface area (Å²) in [5.41, 5.74) is -0.144. The minimum absolute atomic E-state index is 0.376. The van der Waals surface area contributed by atoms with Gasteiger partial charge in [0.2, 0.25) is 5.88 Å². The van der Waals surface area contributed by atoms with E-state index in [0.717, 1.165) is 5.69 Å². The molecule has 1 aliphatic rings. The van der Waals surface area contributed by atoms with E-state index < -0.39 is 5.67 Å². The summed E-state index contributed by atoms with van der Waals surface area (Å²) in [5.74, 6) is 0.567. The molecule has 76 valence electrons. The van der Waals surface area contributed by atoms with Crippen molar-refractivity contribution in [2.75, 3.05) is 19.0 Å². The van der Waals surface area contributed by atoms with E-state index in [4.69, 9.17) is 4.74 Å². The third kappa shape index (κ3) is 2.13. The number of alkyl halides is 1. The number of nitrogens with zero attached hydrogens (tertiary/aromatic N) is 1. The maximum absolute atomic E-state index is 13.2. The van der Waals surface area contributed by atoms with E-state index in [0.29, 0.717) is 25.3 Å². The van der Waals surface area contributed by atoms with Crippen molar-refractivity contribution in [3.8, 4) is 5.88 Å². The average Bonchev–Trinajstić information content (AvgIpc) is 2.95. The lowest BCUT2D eigenvalue weighted by molar-refractivity contribution is 0.326. The Balaban J connectivity index is 1.89. The summed E-state index contributed by atoms with van der Waals surface area (Å²) in [5, 5.41) is 3.01. The van der Waals surface area contributed by atoms with E-state index in [1.807, 2.05) is 6.07 Å². The number of anilines is 1. The van der Waals surface area contributed by atoms with Crippen LogP contribution in [0.5, 0.6) is 5.88 Å². The van der Waals surface area contributed by atoms with Crippen molar-refractivity contribution in [2.24, 2.45) is 0 Å². The van der Waals surface area contributed by atoms with Crippen LogP contribution in [0.2, 0.25) is 0 Å². The molecule has 0 aromatic carbocycles. The molecule has 1 heterocycles. The summed E-state index contributed by atoms with van der Waals surface area (Å²) in [7, 11) is 1.57. The highest BCUT2D eigenvalue weighted by Gasteiger charge is 2.42. The number of aromatic nitrogens is 1. The van der Waals surface area contributed by atoms with Crippen LogP contribution >= 0.6 is 0 Å². The molecule has 0 radical (unpaired) electrons. The number of hydrogen-bond donors (Lipinski definition) is 1. The highest BCUT2D eigenvalue weighted by Crippen LogP contribution is 2.39. The van der Waals surface area contributed by atoms with Gasteiger partial charge in [-0.05, 0) is 18.9 Å². The molecule has 4 heteroatoms. The average molecular weight is 196 g/mol. The van der Waals surface area contributed by atoms with Gasteiger partial charge in [-0.1, -0.05) is 0 Å². The predicted molar refractivity (Wildman–Crippen MR) is 52.4 cm³/mol. The van der Waals surface area contributed by atoms with Crippen LogP contribution in [0, 0.1) is 0 Å². The van der Waals surface area contributed by atoms with Crippen LogP contribution in [0.3, 0.4) is 0 Å². The largest absolute Gasteiger partial charge is 0.481 e. The summed E-state index contributed by atoms with van der Waals surface area (Å²) >= 11 is 0. The molecule has 0 amide bonds. The van der Waals surface area contributed by atoms with Crippen LogP contribution in [-0.4, -0.2) is 24.3 Å². The lowest BCUT2D eigenvalue weighted by Gasteiger charge is -2.08. The van der Waals surface area contributed by atoms with Gasteiger partial charge in [-0.25, -0.2) is 9.37 Å². The van der Waals surface area contributed by atoms with Gasteiger partial charge in [0.15, 0.2) is 0 Å². The Kier molecular flexibility index (Phi) is 2.27. The second-order valence-corrected chi connectivity index (χ2v) is 3.59. The molecule has 1 saturated carbocycles. The molecule has 1 aliphatic carbocycles. The number of methoxy groups -OCH3 is 1. The highest BCUT2D eigenvalue weighted by molar-refractivity contribution is 5.42. The Morgan fingerprint density at radius 2 is 2.36 bits per heavy atom. The van der Waals surface area contributed by atoms with Gasteiger partial charge < -0.3 is 10.1 Å². The molecule has 0 saturated heterocycles. The van der Waals surface area contributed by atoms with Crippen LogP contribution in [0.15, 0.2) is 18.3 Å². The van der Waals surface area contributed by atoms with Crippen molar-refractivity contribution in [1.29, 1.82) is 0 Å². The lowest BCUT2D eigenvalue weighted by Crippen LogP contribution is -2.15. The second kappa shape index (κ2) is 3.44. The van der Waals surface area contributed by atoms with Gasteiger partial charge in [0, 0.05) is 12.6 Å². The van der Waals surface area contributed by atoms with Gasteiger partial charge in [0.1, 0.15) is 5.67 Å². The van der Waals surface area contributed by atoms with Crippen molar-refractivity contribution < 1.29 is 9.13 Å². The number of ether oxygens (including phenoxy) is 1. The molecule has 1 fully saturated rings. The van der Waals surface area contributed by atoms with Gasteiger partial charge in [-0.15, -0.1) is 0 Å². The van der Waals surface area contributed by atoms with E-state index in [2.05, 4.69) is 10.3 Å². The molecule has 14 heavy (non-hydrogen) atoms. The van der Waals surface area contributed by atoms with Crippen LogP contribution in [0.4, 0.5) is 10.1 Å². The first-order valence-corrected chi connectivity index (χ1v) is 4.65. The Labute approximate surface area is 82.3 Å². The van der Waals surface area contributed by atoms with Crippen molar-refractivity contribution >= 4 is 5.69 Å². The van der Waals surface area contributed by atoms with Crippen molar-refractivity contribution in [3.05, 3.63) is 18.3 Å². The summed E-state index contributed by atoms with van der Waals surface area (Å²) < 4.78 is 18.1. The molecule has 1 aromatic heterocycles. The second-order valence-electron chi connectivity index (χ2n) is 3.59. The Bertz CT molecular complexity index is 308. The van der Waals surface area contributed by atoms with Crippen molar-refractivity contribution in [3.63, 3.8) is 0 Å². The minimum Gasteiger partial charge on any atom is -0.481 e. The zero-order valence-corrected chi connectivity index (χ0v) is 8.09. The first-order valence-electron chi connectivity index (χ1n) is 4.65. The Morgan fingerprint density at radius 3 is 2.86 bits per heavy atom. The monoisotopic (exact) mass is 196 g/mol. The topological polar surface area (TPSA) is 34.1 Å². The Morgan fingerprint density at radius 1 is 1.57 bits per heavy atom. The summed E-state index contributed by atoms with van der Waals surface area (Å²) in [6.45, 7) is 0.376. The zero-order valence-electron chi connectivity index (χ0n) is 8.09. The van der Waals surface area contributed by atoms with Gasteiger partial charge in [0.25, 0.3) is 0 Å². The van der Waals surface area contributed by atoms with E-state index in [1.54, 1.807) is 19.4 Å². The normalized spacial score (nSPS) is 17.6. The van der Waals surface area contributed by atoms with Gasteiger partial charge in [-0.3, -0.25) is 0 Å². The summed E-state index contributed by atoms with van der Waals surface area (Å²) in [4.78, 5) is 4.01. The van der Waals surface area contributed by atoms with Crippen LogP contribution in [0.25, 0.3) is 0 Å². The van der Waals surface area contributed by atoms with E-state index >= 15 is 0 Å². The fourth-order valence-electron chi connectivity index (χ4n) is 1.18. The smallest absolute Gasteiger partial charge is 0.213 e. The molecular formula is C10H13FN2O. The van der Waals surface area contributed by atoms with Crippen LogP contribution < -0.4 is 10.1 Å². The summed E-state index contributed by atoms with van der Waals surface area (Å²) in [6, 6.07) is 3.58. The maximum Gasteiger partial charge on any atom is 0.213 e. The fourth-order valence-corrected chi connectivity index (χ4v) is 1.18. The van der Waals surface area contributed by atoms with Gasteiger partial charge >= 0.3 is 0 Å². The first-order chi connectivity index (χ1) is 6.72. The standard InChI is InChI=1S/C10H13FN2O/c1-14-9-3-2-8(6-12-9)13-7-10(11)4-5-10/h2-3,6,13H,4-5,7H2,1H3. The molecule has 1 N–H and O–H groups in total. The molecule has 0 spiro atoms. The van der Waals surface area contributed by atoms with E-state index in [-0.39, 0.29) is 0 Å². The number of rotatable bonds is 4. The minimum atomic E-state index is -0.972. The predicted octanol–water partition coefficient (Wildman–Crippen LogP) is 2.00. The molecule has 3 nitrogen and oxygen atoms in total. The highest BCUT2D eigenvalue weighted by atomic mass is 19.1. The fraction of sp³-hybridized carbons (Fsp3) is 0.500. The Hall–Kier alpha value is -1.32. The molecule has 1 aromatic rings. The number of nitrogens with one attached hydrogen (secondary N) is 1. The third-order valence-corrected chi connectivity index (χ3v) is 2.35. The first kappa shape index (κ1) is 9.24. The number of halogens is 1. The SMILES string of the molecule is COc1ccc(NCC2(F)CC2)cn1. The molecular weight excluding hydrogens is 183 g/mol. The summed E-state index contributed by atoms with van der Waals surface area (Å²) in [6.07, 6.45) is 2.98. The van der Waals surface area contributed by atoms with E-state index in [9.17, 15) is 4.39 Å². The number of hydrogen-bond acceptors (Lipinski definition) is 3. The van der Waals surface area contributed by atoms with Crippen LogP contribution in [0.1, 0.15) is 12.8 Å². The van der Waals surface area contributed by atoms with Crippen molar-refractivity contribution in [2.45, 2.75) is 18.5 Å².